The highest BCUT2D eigenvalue weighted by molar-refractivity contribution is 6.18. The molecule has 1 N–H and O–H groups in total. The molecule has 0 atom stereocenters. The van der Waals surface area contributed by atoms with Gasteiger partial charge in [0.1, 0.15) is 5.69 Å². The highest BCUT2D eigenvalue weighted by Crippen LogP contribution is 2.32. The second-order valence-corrected chi connectivity index (χ2v) is 8.79. The van der Waals surface area contributed by atoms with Crippen molar-refractivity contribution in [2.45, 2.75) is 46.6 Å². The van der Waals surface area contributed by atoms with Crippen molar-refractivity contribution < 1.29 is 14.3 Å². The van der Waals surface area contributed by atoms with Gasteiger partial charge in [0, 0.05) is 23.6 Å². The number of esters is 1. The topological polar surface area (TPSA) is 80.2 Å². The Morgan fingerprint density at radius 3 is 2.68 bits per heavy atom. The molecule has 3 aromatic rings. The number of hydrogen-bond acceptors (Lipinski definition) is 4. The van der Waals surface area contributed by atoms with Crippen molar-refractivity contribution in [3.8, 4) is 0 Å². The molecule has 0 unspecified atom stereocenters. The normalized spacial score (nSPS) is 14.2. The number of para-hydroxylation sites is 1. The molecule has 7 heteroatoms. The van der Waals surface area contributed by atoms with E-state index in [0.717, 1.165) is 27.9 Å². The Morgan fingerprint density at radius 2 is 1.97 bits per heavy atom. The highest BCUT2D eigenvalue weighted by Gasteiger charge is 2.30. The van der Waals surface area contributed by atoms with Crippen LogP contribution < -0.4 is 0 Å². The lowest BCUT2D eigenvalue weighted by Crippen LogP contribution is -2.34. The van der Waals surface area contributed by atoms with Gasteiger partial charge < -0.3 is 14.6 Å². The number of rotatable bonds is 3. The molecule has 0 fully saturated rings. The van der Waals surface area contributed by atoms with Crippen LogP contribution in [-0.2, 0) is 21.5 Å². The molecule has 3 heterocycles. The summed E-state index contributed by atoms with van der Waals surface area (Å²) < 4.78 is 7.08. The van der Waals surface area contributed by atoms with Crippen molar-refractivity contribution in [3.05, 3.63) is 59.2 Å². The first-order valence-corrected chi connectivity index (χ1v) is 10.6. The second-order valence-electron chi connectivity index (χ2n) is 8.79. The molecule has 31 heavy (non-hydrogen) atoms. The number of carbonyl (C=O) groups excluding carboxylic acids is 2. The summed E-state index contributed by atoms with van der Waals surface area (Å²) >= 11 is 0. The maximum atomic E-state index is 13.6. The van der Waals surface area contributed by atoms with Crippen molar-refractivity contribution >= 4 is 28.4 Å². The van der Waals surface area contributed by atoms with Crippen molar-refractivity contribution in [2.24, 2.45) is 0 Å². The summed E-state index contributed by atoms with van der Waals surface area (Å²) in [7, 11) is 0. The lowest BCUT2D eigenvalue weighted by atomic mass is 10.0. The van der Waals surface area contributed by atoms with Crippen LogP contribution >= 0.6 is 0 Å². The molecule has 0 aliphatic carbocycles. The van der Waals surface area contributed by atoms with Gasteiger partial charge in [-0.3, -0.25) is 9.48 Å². The number of amides is 1. The predicted molar refractivity (Wildman–Crippen MR) is 120 cm³/mol. The number of aromatic nitrogens is 3. The van der Waals surface area contributed by atoms with E-state index in [1.807, 2.05) is 52.0 Å². The third kappa shape index (κ3) is 3.76. The molecule has 1 aromatic carbocycles. The predicted octanol–water partition coefficient (Wildman–Crippen LogP) is 4.03. The Kier molecular flexibility index (Phi) is 5.21. The average Bonchev–Trinajstić information content (AvgIpc) is 3.23. The fourth-order valence-electron chi connectivity index (χ4n) is 4.04. The Bertz CT molecular complexity index is 1190. The lowest BCUT2D eigenvalue weighted by Gasteiger charge is -2.24. The quantitative estimate of drug-likeness (QED) is 0.649. The molecule has 162 valence electrons. The number of H-pyrrole nitrogens is 1. The minimum Gasteiger partial charge on any atom is -0.462 e. The molecule has 1 aliphatic rings. The van der Waals surface area contributed by atoms with Gasteiger partial charge in [0.05, 0.1) is 29.1 Å². The maximum Gasteiger partial charge on any atom is 0.341 e. The number of carbonyl (C=O) groups is 2. The Morgan fingerprint density at radius 1 is 1.23 bits per heavy atom. The molecule has 0 radical (unpaired) electrons. The monoisotopic (exact) mass is 420 g/mol. The summed E-state index contributed by atoms with van der Waals surface area (Å²) in [6, 6.07) is 9.74. The summed E-state index contributed by atoms with van der Waals surface area (Å²) in [5, 5.41) is 5.58. The molecule has 0 saturated heterocycles. The number of nitrogens with zero attached hydrogens (tertiary/aromatic N) is 3. The first kappa shape index (κ1) is 20.9. The van der Waals surface area contributed by atoms with E-state index < -0.39 is 5.97 Å². The van der Waals surface area contributed by atoms with Gasteiger partial charge in [0.15, 0.2) is 0 Å². The standard InChI is InChI=1S/C24H28N4O3/c1-6-31-23(30)18-14-27(22(29)20-13-15(2)26-28(20)24(3,4)5)12-11-17-16-9-7-8-10-19(16)25-21(17)18/h7-10,13-14,25H,6,11-12H2,1-5H3. The molecule has 1 aliphatic heterocycles. The van der Waals surface area contributed by atoms with Gasteiger partial charge in [-0.2, -0.15) is 5.10 Å². The zero-order valence-corrected chi connectivity index (χ0v) is 18.7. The zero-order valence-electron chi connectivity index (χ0n) is 18.7. The van der Waals surface area contributed by atoms with Crippen LogP contribution in [0.5, 0.6) is 0 Å². The average molecular weight is 421 g/mol. The van der Waals surface area contributed by atoms with Crippen molar-refractivity contribution in [2.75, 3.05) is 13.2 Å². The third-order valence-corrected chi connectivity index (χ3v) is 5.41. The van der Waals surface area contributed by atoms with Gasteiger partial charge in [0.2, 0.25) is 0 Å². The van der Waals surface area contributed by atoms with E-state index in [1.165, 1.54) is 0 Å². The van der Waals surface area contributed by atoms with E-state index in [0.29, 0.717) is 24.2 Å². The van der Waals surface area contributed by atoms with E-state index in [9.17, 15) is 9.59 Å². The van der Waals surface area contributed by atoms with Crippen LogP contribution in [0.4, 0.5) is 0 Å². The minimum atomic E-state index is -0.449. The number of ether oxygens (including phenoxy) is 1. The van der Waals surface area contributed by atoms with Crippen LogP contribution in [-0.4, -0.2) is 44.7 Å². The first-order chi connectivity index (χ1) is 14.7. The summed E-state index contributed by atoms with van der Waals surface area (Å²) in [6.07, 6.45) is 2.24. The number of hydrogen-bond donors (Lipinski definition) is 1. The van der Waals surface area contributed by atoms with E-state index >= 15 is 0 Å². The Hall–Kier alpha value is -3.35. The van der Waals surface area contributed by atoms with Gasteiger partial charge in [-0.1, -0.05) is 18.2 Å². The van der Waals surface area contributed by atoms with Crippen LogP contribution in [0.15, 0.2) is 36.5 Å². The smallest absolute Gasteiger partial charge is 0.341 e. The van der Waals surface area contributed by atoms with Crippen LogP contribution in [0.25, 0.3) is 16.5 Å². The minimum absolute atomic E-state index is 0.188. The molecule has 0 saturated carbocycles. The zero-order chi connectivity index (χ0) is 22.3. The lowest BCUT2D eigenvalue weighted by molar-refractivity contribution is -0.136. The SMILES string of the molecule is CCOC(=O)C1=CN(C(=O)c2cc(C)nn2C(C)(C)C)CCc2c1[nH]c1ccccc21. The van der Waals surface area contributed by atoms with Crippen LogP contribution in [0.3, 0.4) is 0 Å². The van der Waals surface area contributed by atoms with Gasteiger partial charge in [-0.05, 0) is 58.7 Å². The second kappa shape index (κ2) is 7.72. The Labute approximate surface area is 181 Å². The van der Waals surface area contributed by atoms with Crippen molar-refractivity contribution in [1.29, 1.82) is 0 Å². The molecular formula is C24H28N4O3. The van der Waals surface area contributed by atoms with Gasteiger partial charge in [-0.25, -0.2) is 4.79 Å². The first-order valence-electron chi connectivity index (χ1n) is 10.6. The molecule has 0 bridgehead atoms. The fourth-order valence-corrected chi connectivity index (χ4v) is 4.04. The van der Waals surface area contributed by atoms with Gasteiger partial charge >= 0.3 is 5.97 Å². The van der Waals surface area contributed by atoms with Crippen molar-refractivity contribution in [1.82, 2.24) is 19.7 Å². The van der Waals surface area contributed by atoms with E-state index in [-0.39, 0.29) is 18.1 Å². The number of aryl methyl sites for hydroxylation is 1. The van der Waals surface area contributed by atoms with Gasteiger partial charge in [0.25, 0.3) is 5.91 Å². The van der Waals surface area contributed by atoms with E-state index in [4.69, 9.17) is 4.74 Å². The van der Waals surface area contributed by atoms with Crippen LogP contribution in [0, 0.1) is 6.92 Å². The summed E-state index contributed by atoms with van der Waals surface area (Å²) in [4.78, 5) is 31.4. The molecule has 7 nitrogen and oxygen atoms in total. The molecule has 1 amide bonds. The summed E-state index contributed by atoms with van der Waals surface area (Å²) in [5.74, 6) is -0.637. The van der Waals surface area contributed by atoms with Crippen LogP contribution in [0.2, 0.25) is 0 Å². The summed E-state index contributed by atoms with van der Waals surface area (Å²) in [5.41, 5.74) is 3.99. The molecule has 2 aromatic heterocycles. The van der Waals surface area contributed by atoms with Gasteiger partial charge in [-0.15, -0.1) is 0 Å². The fraction of sp³-hybridized carbons (Fsp3) is 0.375. The highest BCUT2D eigenvalue weighted by atomic mass is 16.5. The van der Waals surface area contributed by atoms with E-state index in [1.54, 1.807) is 28.8 Å². The number of benzene rings is 1. The Balaban J connectivity index is 1.81. The van der Waals surface area contributed by atoms with Crippen LogP contribution in [0.1, 0.15) is 55.1 Å². The molecule has 4 rings (SSSR count). The number of aromatic amines is 1. The molecular weight excluding hydrogens is 392 g/mol. The molecule has 0 spiro atoms. The van der Waals surface area contributed by atoms with Crippen molar-refractivity contribution in [3.63, 3.8) is 0 Å². The van der Waals surface area contributed by atoms with E-state index in [2.05, 4.69) is 10.1 Å². The third-order valence-electron chi connectivity index (χ3n) is 5.41. The number of fused-ring (bicyclic) bond motifs is 3. The summed E-state index contributed by atoms with van der Waals surface area (Å²) in [6.45, 7) is 10.4. The maximum absolute atomic E-state index is 13.6. The largest absolute Gasteiger partial charge is 0.462 e. The number of nitrogens with one attached hydrogen (secondary N) is 1.